The molecule has 0 N–H and O–H groups in total. The molecule has 0 amide bonds. The summed E-state index contributed by atoms with van der Waals surface area (Å²) in [5, 5.41) is 0.891. The maximum atomic E-state index is 6.21. The van der Waals surface area contributed by atoms with Crippen LogP contribution in [-0.4, -0.2) is 25.5 Å². The summed E-state index contributed by atoms with van der Waals surface area (Å²) >= 11 is 6.21. The van der Waals surface area contributed by atoms with Crippen LogP contribution < -0.4 is 0 Å². The van der Waals surface area contributed by atoms with Crippen molar-refractivity contribution in [1.29, 1.82) is 0 Å². The minimum absolute atomic E-state index is 0. The van der Waals surface area contributed by atoms with Crippen molar-refractivity contribution in [3.63, 3.8) is 0 Å². The van der Waals surface area contributed by atoms with Crippen molar-refractivity contribution in [3.8, 4) is 0 Å². The summed E-state index contributed by atoms with van der Waals surface area (Å²) < 4.78 is 0. The Bertz CT molecular complexity index is 438. The second-order valence-corrected chi connectivity index (χ2v) is 7.12. The maximum Gasteiger partial charge on any atom is 0.0408 e. The first-order valence-electron chi connectivity index (χ1n) is 7.55. The van der Waals surface area contributed by atoms with Crippen LogP contribution in [0.15, 0.2) is 24.3 Å². The van der Waals surface area contributed by atoms with E-state index in [2.05, 4.69) is 37.2 Å². The van der Waals surface area contributed by atoms with Crippen molar-refractivity contribution < 1.29 is 0 Å². The van der Waals surface area contributed by atoms with Crippen LogP contribution in [0, 0.1) is 17.8 Å². The van der Waals surface area contributed by atoms with Crippen LogP contribution in [0.25, 0.3) is 0 Å². The van der Waals surface area contributed by atoms with E-state index in [1.54, 1.807) is 0 Å². The molecule has 2 bridgehead atoms. The zero-order valence-corrected chi connectivity index (χ0v) is 14.0. The second-order valence-electron chi connectivity index (χ2n) is 6.68. The molecule has 1 aromatic carbocycles. The summed E-state index contributed by atoms with van der Waals surface area (Å²) in [5.74, 6) is 3.36. The Balaban J connectivity index is 0.00000147. The zero-order valence-electron chi connectivity index (χ0n) is 12.4. The van der Waals surface area contributed by atoms with Gasteiger partial charge in [0.25, 0.3) is 0 Å². The Hall–Kier alpha value is -0.240. The smallest absolute Gasteiger partial charge is 0.0408 e. The van der Waals surface area contributed by atoms with Crippen molar-refractivity contribution in [2.45, 2.75) is 31.6 Å². The van der Waals surface area contributed by atoms with Gasteiger partial charge < -0.3 is 4.90 Å². The molecule has 0 unspecified atom stereocenters. The van der Waals surface area contributed by atoms with Gasteiger partial charge >= 0.3 is 0 Å². The first kappa shape index (κ1) is 16.1. The molecule has 3 saturated carbocycles. The van der Waals surface area contributed by atoms with Crippen LogP contribution in [0.2, 0.25) is 5.02 Å². The van der Waals surface area contributed by atoms with E-state index in [1.807, 2.05) is 6.07 Å². The van der Waals surface area contributed by atoms with E-state index >= 15 is 0 Å². The first-order chi connectivity index (χ1) is 9.15. The van der Waals surface area contributed by atoms with Crippen LogP contribution in [-0.2, 0) is 0 Å². The highest BCUT2D eigenvalue weighted by molar-refractivity contribution is 6.30. The van der Waals surface area contributed by atoms with Crippen LogP contribution in [0.5, 0.6) is 0 Å². The lowest BCUT2D eigenvalue weighted by molar-refractivity contribution is 0.0507. The Morgan fingerprint density at radius 2 is 1.75 bits per heavy atom. The van der Waals surface area contributed by atoms with Crippen LogP contribution in [0.3, 0.4) is 0 Å². The lowest BCUT2D eigenvalue weighted by atomic mass is 9.57. The molecule has 20 heavy (non-hydrogen) atoms. The maximum absolute atomic E-state index is 6.21. The highest BCUT2D eigenvalue weighted by atomic mass is 35.5. The summed E-state index contributed by atoms with van der Waals surface area (Å²) in [5.41, 5.74) is 1.48. The van der Waals surface area contributed by atoms with Gasteiger partial charge in [-0.15, -0.1) is 12.4 Å². The summed E-state index contributed by atoms with van der Waals surface area (Å²) in [6.07, 6.45) is 5.73. The predicted molar refractivity (Wildman–Crippen MR) is 88.9 cm³/mol. The minimum Gasteiger partial charge on any atom is -0.309 e. The molecule has 1 nitrogen and oxygen atoms in total. The van der Waals surface area contributed by atoms with Crippen molar-refractivity contribution in [3.05, 3.63) is 34.9 Å². The third-order valence-corrected chi connectivity index (χ3v) is 5.44. The monoisotopic (exact) mass is 313 g/mol. The zero-order chi connectivity index (χ0) is 13.4. The normalized spacial score (nSPS) is 32.2. The van der Waals surface area contributed by atoms with Crippen molar-refractivity contribution >= 4 is 24.0 Å². The number of nitrogens with zero attached hydrogens (tertiary/aromatic N) is 1. The lowest BCUT2D eigenvalue weighted by Gasteiger charge is -2.50. The molecule has 4 rings (SSSR count). The molecule has 0 saturated heterocycles. The predicted octanol–water partition coefficient (Wildman–Crippen LogP) is 4.84. The average Bonchev–Trinajstić information content (AvgIpc) is 2.39. The van der Waals surface area contributed by atoms with Gasteiger partial charge in [0.15, 0.2) is 0 Å². The van der Waals surface area contributed by atoms with E-state index < -0.39 is 0 Å². The highest BCUT2D eigenvalue weighted by Gasteiger charge is 2.44. The fourth-order valence-corrected chi connectivity index (χ4v) is 4.69. The van der Waals surface area contributed by atoms with Gasteiger partial charge in [0.1, 0.15) is 0 Å². The number of benzene rings is 1. The summed E-state index contributed by atoms with van der Waals surface area (Å²) in [4.78, 5) is 2.36. The second kappa shape index (κ2) is 6.68. The molecule has 0 radical (unpaired) electrons. The highest BCUT2D eigenvalue weighted by Crippen LogP contribution is 2.53. The van der Waals surface area contributed by atoms with Crippen molar-refractivity contribution in [1.82, 2.24) is 4.90 Å². The molecule has 0 spiro atoms. The van der Waals surface area contributed by atoms with Crippen molar-refractivity contribution in [2.24, 2.45) is 17.8 Å². The van der Waals surface area contributed by atoms with E-state index in [1.165, 1.54) is 37.8 Å². The molecule has 3 aliphatic rings. The van der Waals surface area contributed by atoms with E-state index in [9.17, 15) is 0 Å². The molecular formula is C17H25Cl2N. The van der Waals surface area contributed by atoms with E-state index in [0.29, 0.717) is 0 Å². The van der Waals surface area contributed by atoms with E-state index in [4.69, 9.17) is 11.6 Å². The van der Waals surface area contributed by atoms with Crippen LogP contribution in [0.4, 0.5) is 0 Å². The molecule has 1 aromatic rings. The molecule has 0 heterocycles. The first-order valence-corrected chi connectivity index (χ1v) is 7.93. The lowest BCUT2D eigenvalue weighted by Crippen LogP contribution is -2.43. The van der Waals surface area contributed by atoms with Gasteiger partial charge in [0, 0.05) is 11.6 Å². The summed E-state index contributed by atoms with van der Waals surface area (Å²) in [7, 11) is 4.41. The third kappa shape index (κ3) is 3.16. The van der Waals surface area contributed by atoms with Crippen molar-refractivity contribution in [2.75, 3.05) is 20.6 Å². The quantitative estimate of drug-likeness (QED) is 0.771. The molecular weight excluding hydrogens is 289 g/mol. The number of hydrogen-bond donors (Lipinski definition) is 0. The van der Waals surface area contributed by atoms with Gasteiger partial charge in [-0.1, -0.05) is 23.7 Å². The molecule has 3 fully saturated rings. The Morgan fingerprint density at radius 1 is 1.10 bits per heavy atom. The SMILES string of the molecule is CN(C)C[C@@H]1C2CCC(CC2)[C@@H]1c1cccc(Cl)c1.Cl. The minimum atomic E-state index is 0. The van der Waals surface area contributed by atoms with Crippen LogP contribution >= 0.6 is 24.0 Å². The topological polar surface area (TPSA) is 3.24 Å². The number of halogens is 2. The van der Waals surface area contributed by atoms with Gasteiger partial charge in [0.05, 0.1) is 0 Å². The number of fused-ring (bicyclic) bond motifs is 3. The standard InChI is InChI=1S/C17H24ClN.ClH/c1-19(2)11-16-12-6-8-13(9-7-12)17(16)14-4-3-5-15(18)10-14;/h3-5,10,12-13,16-17H,6-9,11H2,1-2H3;1H/t12?,13?,16-,17-;/m1./s1. The Morgan fingerprint density at radius 3 is 2.35 bits per heavy atom. The molecule has 112 valence electrons. The van der Waals surface area contributed by atoms with Gasteiger partial charge in [-0.3, -0.25) is 0 Å². The van der Waals surface area contributed by atoms with Crippen LogP contribution in [0.1, 0.15) is 37.2 Å². The van der Waals surface area contributed by atoms with Gasteiger partial charge in [-0.25, -0.2) is 0 Å². The van der Waals surface area contributed by atoms with Gasteiger partial charge in [0.2, 0.25) is 0 Å². The molecule has 3 aliphatic carbocycles. The largest absolute Gasteiger partial charge is 0.309 e. The molecule has 0 aromatic heterocycles. The number of rotatable bonds is 3. The Labute approximate surface area is 134 Å². The van der Waals surface area contributed by atoms with Gasteiger partial charge in [-0.05, 0) is 81.1 Å². The number of hydrogen-bond acceptors (Lipinski definition) is 1. The summed E-state index contributed by atoms with van der Waals surface area (Å²) in [6, 6.07) is 8.61. The van der Waals surface area contributed by atoms with E-state index in [0.717, 1.165) is 28.7 Å². The molecule has 3 heteroatoms. The fourth-order valence-electron chi connectivity index (χ4n) is 4.49. The van der Waals surface area contributed by atoms with Gasteiger partial charge in [-0.2, -0.15) is 0 Å². The Kier molecular flexibility index (Phi) is 5.39. The van der Waals surface area contributed by atoms with E-state index in [-0.39, 0.29) is 12.4 Å². The summed E-state index contributed by atoms with van der Waals surface area (Å²) in [6.45, 7) is 1.22. The third-order valence-electron chi connectivity index (χ3n) is 5.20. The fraction of sp³-hybridized carbons (Fsp3) is 0.647. The average molecular weight is 314 g/mol. The molecule has 2 atom stereocenters. The molecule has 0 aliphatic heterocycles.